The Morgan fingerprint density at radius 3 is 2.31 bits per heavy atom. The summed E-state index contributed by atoms with van der Waals surface area (Å²) in [6, 6.07) is 14.6. The van der Waals surface area contributed by atoms with E-state index in [1.54, 1.807) is 0 Å². The average molecular weight is 480 g/mol. The molecule has 0 aliphatic rings. The zero-order chi connectivity index (χ0) is 23.1. The van der Waals surface area contributed by atoms with Gasteiger partial charge in [-0.2, -0.15) is 13.2 Å². The second kappa shape index (κ2) is 10.7. The van der Waals surface area contributed by atoms with Gasteiger partial charge in [0, 0.05) is 12.3 Å². The fourth-order valence-corrected chi connectivity index (χ4v) is 4.15. The Balaban J connectivity index is 1.87. The van der Waals surface area contributed by atoms with Crippen LogP contribution in [-0.2, 0) is 23.2 Å². The molecule has 0 bridgehead atoms. The number of thioether (sulfide) groups is 2. The van der Waals surface area contributed by atoms with Crippen molar-refractivity contribution in [2.45, 2.75) is 28.7 Å². The Morgan fingerprint density at radius 2 is 1.72 bits per heavy atom. The Kier molecular flexibility index (Phi) is 8.03. The van der Waals surface area contributed by atoms with Crippen LogP contribution in [0.1, 0.15) is 27.0 Å². The van der Waals surface area contributed by atoms with Gasteiger partial charge in [0.25, 0.3) is 0 Å². The highest BCUT2D eigenvalue weighted by atomic mass is 32.2. The van der Waals surface area contributed by atoms with E-state index in [-0.39, 0.29) is 17.9 Å². The van der Waals surface area contributed by atoms with E-state index in [9.17, 15) is 18.0 Å². The van der Waals surface area contributed by atoms with Gasteiger partial charge in [-0.3, -0.25) is 0 Å². The molecule has 1 aromatic heterocycles. The Morgan fingerprint density at radius 1 is 1.03 bits per heavy atom. The van der Waals surface area contributed by atoms with Crippen LogP contribution >= 0.6 is 23.5 Å². The maximum absolute atomic E-state index is 12.8. The number of benzene rings is 2. The molecule has 0 atom stereocenters. The summed E-state index contributed by atoms with van der Waals surface area (Å²) >= 11 is 2.70. The van der Waals surface area contributed by atoms with Crippen LogP contribution in [0, 0.1) is 0 Å². The third-order valence-electron chi connectivity index (χ3n) is 4.39. The number of carbonyl (C=O) groups excluding carboxylic acids is 1. The van der Waals surface area contributed by atoms with E-state index in [2.05, 4.69) is 15.3 Å². The Bertz CT molecular complexity index is 1060. The van der Waals surface area contributed by atoms with Gasteiger partial charge in [0.15, 0.2) is 5.16 Å². The molecule has 168 valence electrons. The number of rotatable bonds is 8. The molecule has 1 N–H and O–H groups in total. The average Bonchev–Trinajstić information content (AvgIpc) is 2.80. The van der Waals surface area contributed by atoms with Crippen molar-refractivity contribution in [3.05, 3.63) is 76.9 Å². The summed E-state index contributed by atoms with van der Waals surface area (Å²) in [5, 5.41) is 3.99. The number of aromatic nitrogens is 2. The minimum absolute atomic E-state index is 0.176. The molecule has 0 amide bonds. The van der Waals surface area contributed by atoms with Crippen molar-refractivity contribution in [2.24, 2.45) is 0 Å². The van der Waals surface area contributed by atoms with Gasteiger partial charge in [-0.25, -0.2) is 14.8 Å². The van der Waals surface area contributed by atoms with E-state index in [1.807, 2.05) is 36.6 Å². The van der Waals surface area contributed by atoms with E-state index >= 15 is 0 Å². The molecule has 10 heteroatoms. The van der Waals surface area contributed by atoms with E-state index < -0.39 is 17.7 Å². The third kappa shape index (κ3) is 6.17. The van der Waals surface area contributed by atoms with E-state index in [1.165, 1.54) is 42.8 Å². The smallest absolute Gasteiger partial charge is 0.416 e. The quantitative estimate of drug-likeness (QED) is 0.187. The van der Waals surface area contributed by atoms with Crippen molar-refractivity contribution in [3.8, 4) is 0 Å². The number of nitrogens with zero attached hydrogens (tertiary/aromatic N) is 2. The number of ether oxygens (including phenoxy) is 1. The fraction of sp³-hybridized carbons (Fsp3) is 0.227. The molecular formula is C22H20F3N3O2S2. The number of alkyl halides is 3. The van der Waals surface area contributed by atoms with Crippen molar-refractivity contribution in [3.63, 3.8) is 0 Å². The first kappa shape index (κ1) is 23.9. The lowest BCUT2D eigenvalue weighted by Gasteiger charge is -2.15. The summed E-state index contributed by atoms with van der Waals surface area (Å²) in [5.41, 5.74) is 1.15. The van der Waals surface area contributed by atoms with Crippen molar-refractivity contribution in [1.29, 1.82) is 0 Å². The first-order valence-electron chi connectivity index (χ1n) is 9.43. The van der Waals surface area contributed by atoms with Crippen LogP contribution in [0.15, 0.2) is 64.8 Å². The van der Waals surface area contributed by atoms with Crippen molar-refractivity contribution < 1.29 is 22.7 Å². The van der Waals surface area contributed by atoms with Crippen LogP contribution in [0.5, 0.6) is 0 Å². The molecule has 0 fully saturated rings. The number of methoxy groups -OCH3 is 1. The van der Waals surface area contributed by atoms with Crippen LogP contribution in [0.3, 0.4) is 0 Å². The molecule has 0 spiro atoms. The topological polar surface area (TPSA) is 64.1 Å². The van der Waals surface area contributed by atoms with Crippen LogP contribution in [0.4, 0.5) is 19.0 Å². The minimum Gasteiger partial charge on any atom is -0.465 e. The van der Waals surface area contributed by atoms with Crippen LogP contribution in [0.25, 0.3) is 0 Å². The SMILES string of the molecule is COC(=O)c1c(NCc2ccc(C(F)(F)F)cc2)nc(SC)nc1SCc1ccccc1. The lowest BCUT2D eigenvalue weighted by molar-refractivity contribution is -0.137. The maximum Gasteiger partial charge on any atom is 0.416 e. The molecule has 5 nitrogen and oxygen atoms in total. The van der Waals surface area contributed by atoms with Crippen LogP contribution in [-0.4, -0.2) is 29.3 Å². The summed E-state index contributed by atoms with van der Waals surface area (Å²) < 4.78 is 43.3. The second-order valence-corrected chi connectivity index (χ2v) is 8.29. The molecule has 0 saturated carbocycles. The van der Waals surface area contributed by atoms with Crippen LogP contribution in [0.2, 0.25) is 0 Å². The highest BCUT2D eigenvalue weighted by Gasteiger charge is 2.30. The van der Waals surface area contributed by atoms with Crippen molar-refractivity contribution in [2.75, 3.05) is 18.7 Å². The van der Waals surface area contributed by atoms with E-state index in [4.69, 9.17) is 4.74 Å². The molecule has 3 aromatic rings. The van der Waals surface area contributed by atoms with Gasteiger partial charge in [0.05, 0.1) is 12.7 Å². The van der Waals surface area contributed by atoms with Gasteiger partial charge < -0.3 is 10.1 Å². The van der Waals surface area contributed by atoms with Gasteiger partial charge >= 0.3 is 12.1 Å². The first-order valence-corrected chi connectivity index (χ1v) is 11.6. The monoisotopic (exact) mass is 479 g/mol. The lowest BCUT2D eigenvalue weighted by Crippen LogP contribution is -2.14. The molecule has 1 heterocycles. The predicted molar refractivity (Wildman–Crippen MR) is 120 cm³/mol. The Hall–Kier alpha value is -2.72. The maximum atomic E-state index is 12.8. The predicted octanol–water partition coefficient (Wildman–Crippen LogP) is 5.91. The minimum atomic E-state index is -4.39. The van der Waals surface area contributed by atoms with Gasteiger partial charge in [-0.15, -0.1) is 11.8 Å². The molecule has 0 aliphatic heterocycles. The van der Waals surface area contributed by atoms with Gasteiger partial charge in [0.1, 0.15) is 16.4 Å². The molecule has 0 unspecified atom stereocenters. The molecule has 0 saturated heterocycles. The van der Waals surface area contributed by atoms with E-state index in [0.29, 0.717) is 21.5 Å². The number of halogens is 3. The van der Waals surface area contributed by atoms with Crippen molar-refractivity contribution >= 4 is 35.3 Å². The molecule has 0 aliphatic carbocycles. The largest absolute Gasteiger partial charge is 0.465 e. The number of hydrogen-bond donors (Lipinski definition) is 1. The summed E-state index contributed by atoms with van der Waals surface area (Å²) in [6.07, 6.45) is -2.58. The summed E-state index contributed by atoms with van der Waals surface area (Å²) in [4.78, 5) is 21.4. The number of esters is 1. The van der Waals surface area contributed by atoms with Gasteiger partial charge in [0.2, 0.25) is 0 Å². The Labute approximate surface area is 192 Å². The van der Waals surface area contributed by atoms with E-state index in [0.717, 1.165) is 17.7 Å². The normalized spacial score (nSPS) is 11.3. The first-order chi connectivity index (χ1) is 15.3. The van der Waals surface area contributed by atoms with Crippen molar-refractivity contribution in [1.82, 2.24) is 9.97 Å². The number of hydrogen-bond acceptors (Lipinski definition) is 7. The zero-order valence-electron chi connectivity index (χ0n) is 17.3. The zero-order valence-corrected chi connectivity index (χ0v) is 18.9. The van der Waals surface area contributed by atoms with Crippen LogP contribution < -0.4 is 5.32 Å². The summed E-state index contributed by atoms with van der Waals surface area (Å²) in [7, 11) is 1.27. The molecule has 32 heavy (non-hydrogen) atoms. The number of nitrogens with one attached hydrogen (secondary N) is 1. The molecule has 3 rings (SSSR count). The lowest BCUT2D eigenvalue weighted by atomic mass is 10.1. The highest BCUT2D eigenvalue weighted by Crippen LogP contribution is 2.32. The molecular weight excluding hydrogens is 459 g/mol. The highest BCUT2D eigenvalue weighted by molar-refractivity contribution is 7.99. The number of anilines is 1. The summed E-state index contributed by atoms with van der Waals surface area (Å²) in [6.45, 7) is 0.176. The second-order valence-electron chi connectivity index (χ2n) is 6.55. The molecule has 0 radical (unpaired) electrons. The number of carbonyl (C=O) groups is 1. The third-order valence-corrected chi connectivity index (χ3v) is 5.98. The summed E-state index contributed by atoms with van der Waals surface area (Å²) in [5.74, 6) is 0.267. The van der Waals surface area contributed by atoms with Gasteiger partial charge in [-0.1, -0.05) is 54.2 Å². The fourth-order valence-electron chi connectivity index (χ4n) is 2.75. The van der Waals surface area contributed by atoms with Gasteiger partial charge in [-0.05, 0) is 29.5 Å². The molecule has 2 aromatic carbocycles. The standard InChI is InChI=1S/C22H20F3N3O2S2/c1-30-20(29)17-18(26-12-14-8-10-16(11-9-14)22(23,24)25)27-21(31-2)28-19(17)32-13-15-6-4-3-5-7-15/h3-11H,12-13H2,1-2H3,(H,26,27,28).